The van der Waals surface area contributed by atoms with Gasteiger partial charge in [0.15, 0.2) is 0 Å². The molecule has 3 heteroatoms. The first kappa shape index (κ1) is 6.79. The van der Waals surface area contributed by atoms with Gasteiger partial charge in [0.25, 0.3) is 0 Å². The van der Waals surface area contributed by atoms with E-state index in [4.69, 9.17) is 17.5 Å². The maximum absolute atomic E-state index is 5.19. The van der Waals surface area contributed by atoms with Crippen LogP contribution in [0.4, 0.5) is 0 Å². The lowest BCUT2D eigenvalue weighted by Gasteiger charge is -1.92. The highest BCUT2D eigenvalue weighted by atomic mass is 35.5. The van der Waals surface area contributed by atoms with Crippen LogP contribution in [0.2, 0.25) is 0 Å². The summed E-state index contributed by atoms with van der Waals surface area (Å²) in [4.78, 5) is 2.43. The number of hydrogen-bond acceptors (Lipinski definition) is 2. The highest BCUT2D eigenvalue weighted by molar-refractivity contribution is 6.13. The van der Waals surface area contributed by atoms with E-state index in [9.17, 15) is 0 Å². The Bertz CT molecular complexity index is 62.7. The maximum atomic E-state index is 5.19. The molecular formula is C4H9ClN2. The average Bonchev–Trinajstić information content (AvgIpc) is 1.61. The molecule has 0 aromatic rings. The highest BCUT2D eigenvalue weighted by Gasteiger charge is 1.81. The van der Waals surface area contributed by atoms with Crippen LogP contribution in [-0.4, -0.2) is 6.54 Å². The molecule has 0 spiro atoms. The zero-order valence-electron chi connectivity index (χ0n) is 4.08. The third kappa shape index (κ3) is 5.79. The largest absolute Gasteiger partial charge is 0.402 e. The zero-order valence-corrected chi connectivity index (χ0v) is 4.83. The topological polar surface area (TPSA) is 38.0 Å². The van der Waals surface area contributed by atoms with Gasteiger partial charge in [-0.05, 0) is 11.8 Å². The number of nitrogens with two attached hydrogens (primary N) is 1. The van der Waals surface area contributed by atoms with E-state index >= 15 is 0 Å². The lowest BCUT2D eigenvalue weighted by atomic mass is 10.4. The van der Waals surface area contributed by atoms with Crippen molar-refractivity contribution in [3.05, 3.63) is 12.3 Å². The molecule has 0 unspecified atom stereocenters. The molecule has 0 fully saturated rings. The Hall–Kier alpha value is -0.210. The smallest absolute Gasteiger partial charge is 0.0162 e. The van der Waals surface area contributed by atoms with Crippen molar-refractivity contribution in [2.75, 3.05) is 6.54 Å². The van der Waals surface area contributed by atoms with Crippen molar-refractivity contribution in [3.63, 3.8) is 0 Å². The fourth-order valence-corrected chi connectivity index (χ4v) is 0.302. The number of nitrogens with one attached hydrogen (secondary N) is 1. The van der Waals surface area contributed by atoms with Crippen molar-refractivity contribution in [2.45, 2.75) is 6.42 Å². The summed E-state index contributed by atoms with van der Waals surface area (Å²) in [5.74, 6) is 0. The molecular weight excluding hydrogens is 112 g/mol. The number of rotatable bonds is 3. The summed E-state index contributed by atoms with van der Waals surface area (Å²) in [7, 11) is 0. The number of hydrogen-bond donors (Lipinski definition) is 2. The van der Waals surface area contributed by atoms with Crippen LogP contribution in [0.25, 0.3) is 0 Å². The average molecular weight is 121 g/mol. The van der Waals surface area contributed by atoms with Crippen molar-refractivity contribution in [2.24, 2.45) is 5.73 Å². The Kier molecular flexibility index (Phi) is 3.84. The summed E-state index contributed by atoms with van der Waals surface area (Å²) in [6.45, 7) is 4.16. The second-order valence-corrected chi connectivity index (χ2v) is 1.56. The van der Waals surface area contributed by atoms with Crippen molar-refractivity contribution < 1.29 is 0 Å². The lowest BCUT2D eigenvalue weighted by Crippen LogP contribution is -2.05. The third-order valence-corrected chi connectivity index (χ3v) is 0.730. The summed E-state index contributed by atoms with van der Waals surface area (Å²) < 4.78 is 0. The fourth-order valence-electron chi connectivity index (χ4n) is 0.208. The Morgan fingerprint density at radius 2 is 2.43 bits per heavy atom. The molecule has 0 bridgehead atoms. The first-order valence-corrected chi connectivity index (χ1v) is 2.42. The summed E-state index contributed by atoms with van der Waals surface area (Å²) in [5.41, 5.74) is 5.85. The van der Waals surface area contributed by atoms with Crippen LogP contribution < -0.4 is 10.6 Å². The second-order valence-electron chi connectivity index (χ2n) is 1.29. The van der Waals surface area contributed by atoms with Crippen molar-refractivity contribution in [1.29, 1.82) is 0 Å². The standard InChI is InChI=1S/C4H9ClN2/c1-4(6)2-3-7-5/h7H,1-3,6H2. The van der Waals surface area contributed by atoms with Crippen LogP contribution in [0, 0.1) is 0 Å². The molecule has 2 nitrogen and oxygen atoms in total. The molecule has 0 atom stereocenters. The van der Waals surface area contributed by atoms with Gasteiger partial charge >= 0.3 is 0 Å². The van der Waals surface area contributed by atoms with Crippen molar-refractivity contribution >= 4 is 11.8 Å². The molecule has 0 aliphatic rings. The minimum Gasteiger partial charge on any atom is -0.402 e. The predicted molar refractivity (Wildman–Crippen MR) is 31.8 cm³/mol. The van der Waals surface area contributed by atoms with Crippen LogP contribution in [0.15, 0.2) is 12.3 Å². The minimum absolute atomic E-state index is 0.660. The Morgan fingerprint density at radius 1 is 1.86 bits per heavy atom. The molecule has 3 N–H and O–H groups in total. The molecule has 0 aromatic carbocycles. The van der Waals surface area contributed by atoms with Crippen LogP contribution >= 0.6 is 11.8 Å². The van der Waals surface area contributed by atoms with E-state index in [-0.39, 0.29) is 0 Å². The summed E-state index contributed by atoms with van der Waals surface area (Å²) in [5, 5.41) is 0. The molecule has 42 valence electrons. The molecule has 0 radical (unpaired) electrons. The molecule has 0 amide bonds. The molecule has 7 heavy (non-hydrogen) atoms. The SMILES string of the molecule is C=C(N)CCNCl. The van der Waals surface area contributed by atoms with Gasteiger partial charge in [-0.15, -0.1) is 0 Å². The molecule has 0 saturated carbocycles. The molecule has 0 aliphatic carbocycles. The van der Waals surface area contributed by atoms with E-state index in [1.807, 2.05) is 0 Å². The Balaban J connectivity index is 2.82. The van der Waals surface area contributed by atoms with Crippen LogP contribution in [0.1, 0.15) is 6.42 Å². The zero-order chi connectivity index (χ0) is 5.70. The Morgan fingerprint density at radius 3 is 2.57 bits per heavy atom. The number of halogens is 1. The molecule has 0 saturated heterocycles. The summed E-state index contributed by atoms with van der Waals surface area (Å²) >= 11 is 5.10. The van der Waals surface area contributed by atoms with Gasteiger partial charge in [-0.2, -0.15) is 0 Å². The highest BCUT2D eigenvalue weighted by Crippen LogP contribution is 1.83. The lowest BCUT2D eigenvalue weighted by molar-refractivity contribution is 0.880. The summed E-state index contributed by atoms with van der Waals surface area (Å²) in [6.07, 6.45) is 0.740. The molecule has 0 rings (SSSR count). The Labute approximate surface area is 48.4 Å². The quantitative estimate of drug-likeness (QED) is 0.535. The van der Waals surface area contributed by atoms with Gasteiger partial charge in [0.2, 0.25) is 0 Å². The van der Waals surface area contributed by atoms with Crippen molar-refractivity contribution in [3.8, 4) is 0 Å². The van der Waals surface area contributed by atoms with E-state index < -0.39 is 0 Å². The van der Waals surface area contributed by atoms with E-state index in [0.717, 1.165) is 6.42 Å². The van der Waals surface area contributed by atoms with Gasteiger partial charge in [-0.25, -0.2) is 4.84 Å². The molecule has 0 heterocycles. The fraction of sp³-hybridized carbons (Fsp3) is 0.500. The monoisotopic (exact) mass is 120 g/mol. The van der Waals surface area contributed by atoms with Crippen LogP contribution in [0.5, 0.6) is 0 Å². The van der Waals surface area contributed by atoms with E-state index in [1.54, 1.807) is 0 Å². The van der Waals surface area contributed by atoms with E-state index in [1.165, 1.54) is 0 Å². The van der Waals surface area contributed by atoms with Gasteiger partial charge in [0.1, 0.15) is 0 Å². The molecule has 0 aromatic heterocycles. The van der Waals surface area contributed by atoms with Crippen LogP contribution in [-0.2, 0) is 0 Å². The second kappa shape index (κ2) is 3.96. The minimum atomic E-state index is 0.660. The van der Waals surface area contributed by atoms with Crippen molar-refractivity contribution in [1.82, 2.24) is 4.84 Å². The van der Waals surface area contributed by atoms with E-state index in [2.05, 4.69) is 11.4 Å². The van der Waals surface area contributed by atoms with Gasteiger partial charge in [0, 0.05) is 18.7 Å². The first-order valence-electron chi connectivity index (χ1n) is 2.04. The van der Waals surface area contributed by atoms with Gasteiger partial charge in [0.05, 0.1) is 0 Å². The first-order chi connectivity index (χ1) is 3.27. The predicted octanol–water partition coefficient (Wildman–Crippen LogP) is 0.592. The molecule has 0 aliphatic heterocycles. The maximum Gasteiger partial charge on any atom is 0.0162 e. The third-order valence-electron chi connectivity index (χ3n) is 0.541. The normalized spacial score (nSPS) is 8.71. The van der Waals surface area contributed by atoms with Gasteiger partial charge in [-0.3, -0.25) is 0 Å². The van der Waals surface area contributed by atoms with E-state index in [0.29, 0.717) is 12.2 Å². The van der Waals surface area contributed by atoms with Gasteiger partial charge < -0.3 is 5.73 Å². The summed E-state index contributed by atoms with van der Waals surface area (Å²) in [6, 6.07) is 0. The van der Waals surface area contributed by atoms with Crippen LogP contribution in [0.3, 0.4) is 0 Å². The van der Waals surface area contributed by atoms with Gasteiger partial charge in [-0.1, -0.05) is 6.58 Å².